The Hall–Kier alpha value is -3.20. The fourth-order valence-corrected chi connectivity index (χ4v) is 6.16. The number of halogens is 1. The lowest BCUT2D eigenvalue weighted by atomic mass is 9.94. The van der Waals surface area contributed by atoms with E-state index in [2.05, 4.69) is 5.32 Å². The van der Waals surface area contributed by atoms with Crippen molar-refractivity contribution in [1.82, 2.24) is 9.88 Å². The molecule has 2 aliphatic carbocycles. The van der Waals surface area contributed by atoms with Crippen LogP contribution in [-0.4, -0.2) is 28.8 Å². The number of aryl methyl sites for hydroxylation is 1. The average Bonchev–Trinajstić information content (AvgIpc) is 3.56. The van der Waals surface area contributed by atoms with Gasteiger partial charge in [0.05, 0.1) is 18.2 Å². The third-order valence-corrected chi connectivity index (χ3v) is 7.93. The molecule has 1 N–H and O–H groups in total. The number of nitrogens with zero attached hydrogens (tertiary/aromatic N) is 1. The zero-order valence-corrected chi connectivity index (χ0v) is 22.3. The van der Waals surface area contributed by atoms with Crippen LogP contribution in [0.1, 0.15) is 86.3 Å². The molecular formula is C28H31FN2O5S. The van der Waals surface area contributed by atoms with E-state index in [1.54, 1.807) is 19.2 Å². The van der Waals surface area contributed by atoms with Crippen molar-refractivity contribution in [2.75, 3.05) is 6.61 Å². The van der Waals surface area contributed by atoms with E-state index in [9.17, 15) is 14.4 Å². The Kier molecular flexibility index (Phi) is 6.60. The number of rotatable bonds is 5. The number of pyridine rings is 1. The van der Waals surface area contributed by atoms with Crippen molar-refractivity contribution in [1.29, 1.82) is 0 Å². The molecular weight excluding hydrogens is 495 g/mol. The Morgan fingerprint density at radius 2 is 1.95 bits per heavy atom. The molecule has 1 unspecified atom stereocenters. The van der Waals surface area contributed by atoms with Gasteiger partial charge in [-0.2, -0.15) is 0 Å². The molecule has 2 aromatic heterocycles. The lowest BCUT2D eigenvalue weighted by molar-refractivity contribution is 0.0496. The van der Waals surface area contributed by atoms with Gasteiger partial charge in [-0.1, -0.05) is 0 Å². The predicted octanol–water partition coefficient (Wildman–Crippen LogP) is 6.28. The summed E-state index contributed by atoms with van der Waals surface area (Å²) in [6.07, 6.45) is 5.48. The van der Waals surface area contributed by atoms with Crippen LogP contribution in [0.4, 0.5) is 9.18 Å². The Morgan fingerprint density at radius 1 is 1.19 bits per heavy atom. The van der Waals surface area contributed by atoms with E-state index in [1.807, 2.05) is 31.4 Å². The van der Waals surface area contributed by atoms with Crippen molar-refractivity contribution in [2.45, 2.75) is 77.5 Å². The number of carbonyl (C=O) groups is 2. The van der Waals surface area contributed by atoms with Gasteiger partial charge in [-0.05, 0) is 83.6 Å². The van der Waals surface area contributed by atoms with Crippen molar-refractivity contribution < 1.29 is 23.5 Å². The summed E-state index contributed by atoms with van der Waals surface area (Å²) in [5, 5.41) is 3.14. The first kappa shape index (κ1) is 25.4. The maximum Gasteiger partial charge on any atom is 0.408 e. The minimum absolute atomic E-state index is 0.0731. The second kappa shape index (κ2) is 9.59. The van der Waals surface area contributed by atoms with Crippen molar-refractivity contribution in [3.63, 3.8) is 0 Å². The molecule has 0 radical (unpaired) electrons. The molecule has 0 bridgehead atoms. The number of esters is 1. The van der Waals surface area contributed by atoms with Crippen LogP contribution < -0.4 is 10.7 Å². The lowest BCUT2D eigenvalue weighted by Crippen LogP contribution is -2.35. The van der Waals surface area contributed by atoms with Crippen molar-refractivity contribution in [3.8, 4) is 10.4 Å². The van der Waals surface area contributed by atoms with Gasteiger partial charge in [0, 0.05) is 32.9 Å². The van der Waals surface area contributed by atoms with E-state index >= 15 is 4.39 Å². The molecule has 1 saturated carbocycles. The minimum atomic E-state index is -0.692. The molecule has 1 fully saturated rings. The maximum atomic E-state index is 15.5. The van der Waals surface area contributed by atoms with Crippen molar-refractivity contribution >= 4 is 34.3 Å². The summed E-state index contributed by atoms with van der Waals surface area (Å²) in [6, 6.07) is 4.90. The number of fused-ring (bicyclic) bond motifs is 2. The third kappa shape index (κ3) is 5.14. The molecule has 2 heterocycles. The van der Waals surface area contributed by atoms with Crippen LogP contribution in [0, 0.1) is 5.82 Å². The third-order valence-electron chi connectivity index (χ3n) is 6.61. The molecule has 3 aromatic rings. The normalized spacial score (nSPS) is 17.4. The molecule has 37 heavy (non-hydrogen) atoms. The highest BCUT2D eigenvalue weighted by molar-refractivity contribution is 7.15. The van der Waals surface area contributed by atoms with Crippen LogP contribution in [0.2, 0.25) is 0 Å². The first-order chi connectivity index (χ1) is 17.6. The smallest absolute Gasteiger partial charge is 0.408 e. The van der Waals surface area contributed by atoms with Gasteiger partial charge in [0.25, 0.3) is 0 Å². The first-order valence-electron chi connectivity index (χ1n) is 12.7. The SMILES string of the molecule is CCOC(=O)c1cn(C2CC2)c2cc(-c3cc4c(s3)C(NC(=O)OC(C)(C)C)CCC4)c(F)cc2c1=O. The fraction of sp³-hybridized carbons (Fsp3) is 0.464. The second-order valence-corrected chi connectivity index (χ2v) is 11.8. The number of nitrogens with one attached hydrogen (secondary N) is 1. The summed E-state index contributed by atoms with van der Waals surface area (Å²) in [4.78, 5) is 39.7. The van der Waals surface area contributed by atoms with Gasteiger partial charge >= 0.3 is 12.1 Å². The van der Waals surface area contributed by atoms with Crippen molar-refractivity contribution in [2.24, 2.45) is 0 Å². The monoisotopic (exact) mass is 526 g/mol. The zero-order valence-electron chi connectivity index (χ0n) is 21.5. The summed E-state index contributed by atoms with van der Waals surface area (Å²) in [7, 11) is 0. The molecule has 196 valence electrons. The Bertz CT molecular complexity index is 1450. The van der Waals surface area contributed by atoms with E-state index in [-0.39, 0.29) is 29.6 Å². The molecule has 0 saturated heterocycles. The predicted molar refractivity (Wildman–Crippen MR) is 141 cm³/mol. The maximum absolute atomic E-state index is 15.5. The summed E-state index contributed by atoms with van der Waals surface area (Å²) in [5.41, 5.74) is 0.899. The molecule has 5 rings (SSSR count). The molecule has 0 spiro atoms. The van der Waals surface area contributed by atoms with E-state index in [1.165, 1.54) is 17.4 Å². The van der Waals surface area contributed by atoms with Crippen LogP contribution in [0.15, 0.2) is 29.2 Å². The molecule has 1 atom stereocenters. The highest BCUT2D eigenvalue weighted by Crippen LogP contribution is 2.43. The van der Waals surface area contributed by atoms with Gasteiger partial charge in [0.2, 0.25) is 5.43 Å². The van der Waals surface area contributed by atoms with Gasteiger partial charge in [0.15, 0.2) is 0 Å². The number of thiophene rings is 1. The molecule has 2 aliphatic rings. The van der Waals surface area contributed by atoms with Crippen LogP contribution in [0.3, 0.4) is 0 Å². The lowest BCUT2D eigenvalue weighted by Gasteiger charge is -2.26. The molecule has 7 nitrogen and oxygen atoms in total. The van der Waals surface area contributed by atoms with E-state index in [0.29, 0.717) is 11.1 Å². The number of ether oxygens (including phenoxy) is 2. The van der Waals surface area contributed by atoms with E-state index < -0.39 is 28.9 Å². The Balaban J connectivity index is 1.55. The largest absolute Gasteiger partial charge is 0.462 e. The number of hydrogen-bond donors (Lipinski definition) is 1. The topological polar surface area (TPSA) is 86.6 Å². The van der Waals surface area contributed by atoms with Gasteiger partial charge < -0.3 is 19.4 Å². The molecule has 1 aromatic carbocycles. The minimum Gasteiger partial charge on any atom is -0.462 e. The van der Waals surface area contributed by atoms with Gasteiger partial charge in [-0.25, -0.2) is 14.0 Å². The number of aromatic nitrogens is 1. The summed E-state index contributed by atoms with van der Waals surface area (Å²) in [5.74, 6) is -1.22. The quantitative estimate of drug-likeness (QED) is 0.395. The van der Waals surface area contributed by atoms with Crippen LogP contribution in [0.25, 0.3) is 21.3 Å². The van der Waals surface area contributed by atoms with Crippen LogP contribution in [0.5, 0.6) is 0 Å². The number of carbonyl (C=O) groups excluding carboxylic acids is 2. The highest BCUT2D eigenvalue weighted by atomic mass is 32.1. The van der Waals surface area contributed by atoms with Gasteiger partial charge in [-0.3, -0.25) is 4.79 Å². The Morgan fingerprint density at radius 3 is 2.62 bits per heavy atom. The second-order valence-electron chi connectivity index (χ2n) is 10.7. The summed E-state index contributed by atoms with van der Waals surface area (Å²) in [6.45, 7) is 7.29. The summed E-state index contributed by atoms with van der Waals surface area (Å²) >= 11 is 1.46. The van der Waals surface area contributed by atoms with Gasteiger partial charge in [0.1, 0.15) is 17.0 Å². The van der Waals surface area contributed by atoms with Crippen molar-refractivity contribution in [3.05, 3.63) is 56.4 Å². The summed E-state index contributed by atoms with van der Waals surface area (Å²) < 4.78 is 27.9. The van der Waals surface area contributed by atoms with Crippen LogP contribution in [-0.2, 0) is 15.9 Å². The highest BCUT2D eigenvalue weighted by Gasteiger charge is 2.30. The number of benzene rings is 1. The molecule has 9 heteroatoms. The van der Waals surface area contributed by atoms with E-state index in [4.69, 9.17) is 9.47 Å². The Labute approximate surface area is 218 Å². The fourth-order valence-electron chi connectivity index (χ4n) is 4.85. The number of amides is 1. The first-order valence-corrected chi connectivity index (χ1v) is 13.6. The van der Waals surface area contributed by atoms with Gasteiger partial charge in [-0.15, -0.1) is 11.3 Å². The number of hydrogen-bond acceptors (Lipinski definition) is 6. The number of alkyl carbamates (subject to hydrolysis) is 1. The molecule has 0 aliphatic heterocycles. The standard InChI is InChI=1S/C28H31FN2O5S/c1-5-35-26(33)19-14-31(16-9-10-16)22-13-17(20(29)12-18(22)24(19)32)23-11-15-7-6-8-21(25(15)37-23)30-27(34)36-28(2,3)4/h11-14,16,21H,5-10H2,1-4H3,(H,30,34). The molecule has 1 amide bonds. The zero-order chi connectivity index (χ0) is 26.5. The van der Waals surface area contributed by atoms with E-state index in [0.717, 1.165) is 47.4 Å². The van der Waals surface area contributed by atoms with Crippen LogP contribution >= 0.6 is 11.3 Å². The average molecular weight is 527 g/mol.